The number of aromatic nitrogens is 2. The van der Waals surface area contributed by atoms with E-state index in [0.717, 1.165) is 10.9 Å². The number of ketones is 1. The van der Waals surface area contributed by atoms with E-state index in [2.05, 4.69) is 5.10 Å². The molecule has 5 heteroatoms. The number of fused-ring (bicyclic) bond motifs is 1. The molecule has 0 saturated heterocycles. The van der Waals surface area contributed by atoms with Crippen LogP contribution < -0.4 is 4.74 Å². The van der Waals surface area contributed by atoms with Crippen molar-refractivity contribution >= 4 is 16.7 Å². The van der Waals surface area contributed by atoms with Crippen LogP contribution in [0.1, 0.15) is 23.0 Å². The van der Waals surface area contributed by atoms with E-state index in [-0.39, 0.29) is 11.5 Å². The fraction of sp³-hybridized carbons (Fsp3) is 0.176. The average molecular weight is 296 g/mol. The van der Waals surface area contributed by atoms with Crippen LogP contribution >= 0.6 is 0 Å². The molecular formula is C17H16N2O3. The van der Waals surface area contributed by atoms with Crippen molar-refractivity contribution in [2.75, 3.05) is 7.11 Å². The number of carbonyl (C=O) groups excluding carboxylic acids is 1. The molecular weight excluding hydrogens is 280 g/mol. The summed E-state index contributed by atoms with van der Waals surface area (Å²) in [5.74, 6) is 0.724. The van der Waals surface area contributed by atoms with E-state index in [1.807, 2.05) is 25.1 Å². The zero-order valence-corrected chi connectivity index (χ0v) is 12.4. The highest BCUT2D eigenvalue weighted by molar-refractivity contribution is 6.15. The van der Waals surface area contributed by atoms with Crippen molar-refractivity contribution in [2.45, 2.75) is 13.5 Å². The number of benzene rings is 2. The molecule has 0 unspecified atom stereocenters. The largest absolute Gasteiger partial charge is 0.508 e. The van der Waals surface area contributed by atoms with Crippen LogP contribution in [0.4, 0.5) is 0 Å². The number of carbonyl (C=O) groups is 1. The predicted octanol–water partition coefficient (Wildman–Crippen LogP) is 3.00. The quantitative estimate of drug-likeness (QED) is 0.752. The van der Waals surface area contributed by atoms with E-state index in [1.165, 1.54) is 12.1 Å². The molecule has 0 fully saturated rings. The van der Waals surface area contributed by atoms with Gasteiger partial charge in [-0.1, -0.05) is 0 Å². The third-order valence-corrected chi connectivity index (χ3v) is 3.59. The fourth-order valence-electron chi connectivity index (χ4n) is 2.46. The van der Waals surface area contributed by atoms with E-state index < -0.39 is 0 Å². The lowest BCUT2D eigenvalue weighted by molar-refractivity contribution is 0.103. The van der Waals surface area contributed by atoms with Crippen LogP contribution in [0.5, 0.6) is 11.5 Å². The van der Waals surface area contributed by atoms with Crippen molar-refractivity contribution in [3.63, 3.8) is 0 Å². The summed E-state index contributed by atoms with van der Waals surface area (Å²) in [5, 5.41) is 14.6. The minimum atomic E-state index is -0.116. The number of rotatable bonds is 4. The molecule has 0 bridgehead atoms. The van der Waals surface area contributed by atoms with Crippen LogP contribution in [0.25, 0.3) is 10.9 Å². The summed E-state index contributed by atoms with van der Waals surface area (Å²) in [5.41, 5.74) is 1.79. The highest BCUT2D eigenvalue weighted by Gasteiger charge is 2.19. The molecule has 5 nitrogen and oxygen atoms in total. The molecule has 3 rings (SSSR count). The number of nitrogens with zero attached hydrogens (tertiary/aromatic N) is 2. The van der Waals surface area contributed by atoms with Crippen molar-refractivity contribution in [3.05, 3.63) is 53.7 Å². The van der Waals surface area contributed by atoms with Crippen LogP contribution in [0, 0.1) is 0 Å². The molecule has 0 aliphatic heterocycles. The second kappa shape index (κ2) is 5.52. The first kappa shape index (κ1) is 14.1. The Morgan fingerprint density at radius 2 is 1.95 bits per heavy atom. The lowest BCUT2D eigenvalue weighted by Gasteiger charge is -2.05. The zero-order chi connectivity index (χ0) is 15.7. The average Bonchev–Trinajstić information content (AvgIpc) is 2.92. The summed E-state index contributed by atoms with van der Waals surface area (Å²) in [6.45, 7) is 2.53. The minimum absolute atomic E-state index is 0.116. The maximum Gasteiger partial charge on any atom is 0.211 e. The number of phenolic OH excluding ortho intramolecular Hbond substituents is 1. The van der Waals surface area contributed by atoms with E-state index in [9.17, 15) is 9.90 Å². The Kier molecular flexibility index (Phi) is 3.55. The number of aryl methyl sites for hydroxylation is 1. The van der Waals surface area contributed by atoms with Crippen molar-refractivity contribution in [2.24, 2.45) is 0 Å². The Labute approximate surface area is 127 Å². The van der Waals surface area contributed by atoms with E-state index in [4.69, 9.17) is 4.74 Å². The SMILES string of the molecule is CCn1nc2cc(OC)ccc2c1C(=O)c1ccc(O)cc1. The van der Waals surface area contributed by atoms with Gasteiger partial charge in [-0.2, -0.15) is 5.10 Å². The molecule has 22 heavy (non-hydrogen) atoms. The van der Waals surface area contributed by atoms with Gasteiger partial charge in [-0.3, -0.25) is 9.48 Å². The maximum absolute atomic E-state index is 12.8. The van der Waals surface area contributed by atoms with Gasteiger partial charge in [0, 0.05) is 23.6 Å². The third kappa shape index (κ3) is 2.30. The second-order valence-corrected chi connectivity index (χ2v) is 4.92. The van der Waals surface area contributed by atoms with Crippen LogP contribution in [-0.2, 0) is 6.54 Å². The third-order valence-electron chi connectivity index (χ3n) is 3.59. The lowest BCUT2D eigenvalue weighted by atomic mass is 10.0. The van der Waals surface area contributed by atoms with Gasteiger partial charge in [-0.05, 0) is 43.3 Å². The molecule has 1 N–H and O–H groups in total. The summed E-state index contributed by atoms with van der Waals surface area (Å²) in [6.07, 6.45) is 0. The topological polar surface area (TPSA) is 64.4 Å². The number of methoxy groups -OCH3 is 1. The van der Waals surface area contributed by atoms with Gasteiger partial charge < -0.3 is 9.84 Å². The number of phenols is 1. The Morgan fingerprint density at radius 1 is 1.23 bits per heavy atom. The summed E-state index contributed by atoms with van der Waals surface area (Å²) >= 11 is 0. The molecule has 0 aliphatic carbocycles. The van der Waals surface area contributed by atoms with Gasteiger partial charge in [0.05, 0.1) is 12.6 Å². The molecule has 1 heterocycles. The normalized spacial score (nSPS) is 10.8. The number of aromatic hydroxyl groups is 1. The molecule has 0 saturated carbocycles. The monoisotopic (exact) mass is 296 g/mol. The molecule has 0 radical (unpaired) electrons. The summed E-state index contributed by atoms with van der Waals surface area (Å²) < 4.78 is 6.90. The van der Waals surface area contributed by atoms with E-state index in [0.29, 0.717) is 23.6 Å². The van der Waals surface area contributed by atoms with Crippen molar-refractivity contribution < 1.29 is 14.6 Å². The van der Waals surface area contributed by atoms with Crippen molar-refractivity contribution in [3.8, 4) is 11.5 Å². The molecule has 0 spiro atoms. The smallest absolute Gasteiger partial charge is 0.211 e. The predicted molar refractivity (Wildman–Crippen MR) is 83.5 cm³/mol. The Hall–Kier alpha value is -2.82. The Balaban J connectivity index is 2.16. The molecule has 2 aromatic carbocycles. The first-order valence-corrected chi connectivity index (χ1v) is 7.02. The van der Waals surface area contributed by atoms with Crippen LogP contribution in [0.15, 0.2) is 42.5 Å². The number of hydrogen-bond acceptors (Lipinski definition) is 4. The first-order chi connectivity index (χ1) is 10.6. The second-order valence-electron chi connectivity index (χ2n) is 4.92. The zero-order valence-electron chi connectivity index (χ0n) is 12.4. The lowest BCUT2D eigenvalue weighted by Crippen LogP contribution is -2.10. The van der Waals surface area contributed by atoms with Gasteiger partial charge >= 0.3 is 0 Å². The molecule has 3 aromatic rings. The first-order valence-electron chi connectivity index (χ1n) is 7.02. The fourth-order valence-corrected chi connectivity index (χ4v) is 2.46. The highest BCUT2D eigenvalue weighted by atomic mass is 16.5. The van der Waals surface area contributed by atoms with Gasteiger partial charge in [-0.25, -0.2) is 0 Å². The van der Waals surface area contributed by atoms with Crippen LogP contribution in [0.2, 0.25) is 0 Å². The highest BCUT2D eigenvalue weighted by Crippen LogP contribution is 2.25. The summed E-state index contributed by atoms with van der Waals surface area (Å²) in [4.78, 5) is 12.8. The molecule has 112 valence electrons. The standard InChI is InChI=1S/C17H16N2O3/c1-3-19-16(17(21)11-4-6-12(20)7-5-11)14-9-8-13(22-2)10-15(14)18-19/h4-10,20H,3H2,1-2H3. The molecule has 1 aromatic heterocycles. The molecule has 0 amide bonds. The Bertz CT molecular complexity index is 835. The molecule has 0 aliphatic rings. The summed E-state index contributed by atoms with van der Waals surface area (Å²) in [6, 6.07) is 11.7. The van der Waals surface area contributed by atoms with Crippen LogP contribution in [-0.4, -0.2) is 27.8 Å². The van der Waals surface area contributed by atoms with Gasteiger partial charge in [0.25, 0.3) is 0 Å². The molecule has 0 atom stereocenters. The number of hydrogen-bond donors (Lipinski definition) is 1. The Morgan fingerprint density at radius 3 is 2.59 bits per heavy atom. The van der Waals surface area contributed by atoms with Crippen molar-refractivity contribution in [1.82, 2.24) is 9.78 Å². The summed E-state index contributed by atoms with van der Waals surface area (Å²) in [7, 11) is 1.60. The van der Waals surface area contributed by atoms with E-state index in [1.54, 1.807) is 23.9 Å². The number of ether oxygens (including phenoxy) is 1. The van der Waals surface area contributed by atoms with Gasteiger partial charge in [-0.15, -0.1) is 0 Å². The van der Waals surface area contributed by atoms with Crippen LogP contribution in [0.3, 0.4) is 0 Å². The van der Waals surface area contributed by atoms with Gasteiger partial charge in [0.15, 0.2) is 0 Å². The maximum atomic E-state index is 12.8. The van der Waals surface area contributed by atoms with E-state index >= 15 is 0 Å². The van der Waals surface area contributed by atoms with Crippen molar-refractivity contribution in [1.29, 1.82) is 0 Å². The minimum Gasteiger partial charge on any atom is -0.508 e. The van der Waals surface area contributed by atoms with Gasteiger partial charge in [0.2, 0.25) is 5.78 Å². The van der Waals surface area contributed by atoms with Gasteiger partial charge in [0.1, 0.15) is 17.2 Å².